The standard InChI is InChI=1S/C53H54N4O3/c1-55(2)36-42-34-35-56(52(58)54-47-30-32-48(59-3)33-31-47)38-49-51(43-28-26-41(27-29-43)25-24-40-16-8-4-9-17-40)50(57(49)37-42)39-60-53(44-18-10-5-11-19-44,45-20-12-6-13-21-45)46-22-14-7-15-23-46/h4-23,26-33,42,49-51H,34-39H2,1-3H3,(H,54,58)/t42?,49-,50+,51+/m0/s1. The third-order valence-electron chi connectivity index (χ3n) is 12.0. The Kier molecular flexibility index (Phi) is 12.7. The molecule has 2 aliphatic rings. The zero-order chi connectivity index (χ0) is 41.3. The summed E-state index contributed by atoms with van der Waals surface area (Å²) in [5.41, 5.74) is 6.30. The van der Waals surface area contributed by atoms with E-state index in [-0.39, 0.29) is 24.0 Å². The molecule has 0 saturated carbocycles. The van der Waals surface area contributed by atoms with Gasteiger partial charge in [-0.25, -0.2) is 4.79 Å². The molecule has 1 N–H and O–H groups in total. The molecule has 7 nitrogen and oxygen atoms in total. The lowest BCUT2D eigenvalue weighted by atomic mass is 9.73. The summed E-state index contributed by atoms with van der Waals surface area (Å²) >= 11 is 0. The number of urea groups is 1. The summed E-state index contributed by atoms with van der Waals surface area (Å²) in [5, 5.41) is 3.19. The number of benzene rings is 6. The van der Waals surface area contributed by atoms with Crippen LogP contribution < -0.4 is 10.1 Å². The Morgan fingerprint density at radius 2 is 1.23 bits per heavy atom. The first-order valence-corrected chi connectivity index (χ1v) is 21.0. The molecule has 0 aromatic heterocycles. The van der Waals surface area contributed by atoms with Crippen LogP contribution in [0.5, 0.6) is 5.75 Å². The average Bonchev–Trinajstić information content (AvgIpc) is 3.29. The summed E-state index contributed by atoms with van der Waals surface area (Å²) < 4.78 is 13.0. The SMILES string of the molecule is COc1ccc(NC(=O)N2CCC(CN(C)C)CN3[C@H](COC(c4ccccc4)(c4ccccc4)c4ccccc4)[C@H](c4ccc(C#Cc5ccccc5)cc4)[C@@H]3C2)cc1. The number of methoxy groups -OCH3 is 1. The number of carbonyl (C=O) groups is 1. The van der Waals surface area contributed by atoms with E-state index in [1.54, 1.807) is 7.11 Å². The maximum absolute atomic E-state index is 14.2. The molecule has 60 heavy (non-hydrogen) atoms. The molecule has 2 heterocycles. The van der Waals surface area contributed by atoms with E-state index in [1.807, 2.05) is 59.5 Å². The Morgan fingerprint density at radius 1 is 0.700 bits per heavy atom. The Hall–Kier alpha value is -6.17. The van der Waals surface area contributed by atoms with Crippen molar-refractivity contribution in [2.45, 2.75) is 30.0 Å². The van der Waals surface area contributed by atoms with E-state index < -0.39 is 5.60 Å². The number of ether oxygens (including phenoxy) is 2. The van der Waals surface area contributed by atoms with E-state index in [0.29, 0.717) is 25.6 Å². The molecule has 6 aromatic rings. The first-order valence-electron chi connectivity index (χ1n) is 21.0. The number of rotatable bonds is 11. The normalized spacial score (nSPS) is 19.2. The zero-order valence-corrected chi connectivity index (χ0v) is 34.8. The fourth-order valence-corrected chi connectivity index (χ4v) is 9.15. The molecular formula is C53H54N4O3. The van der Waals surface area contributed by atoms with Gasteiger partial charge in [-0.15, -0.1) is 0 Å². The van der Waals surface area contributed by atoms with Crippen LogP contribution in [0.15, 0.2) is 170 Å². The highest BCUT2D eigenvalue weighted by Gasteiger charge is 2.52. The Morgan fingerprint density at radius 3 is 1.77 bits per heavy atom. The second-order valence-corrected chi connectivity index (χ2v) is 16.2. The minimum absolute atomic E-state index is 0.0426. The van der Waals surface area contributed by atoms with Gasteiger partial charge in [-0.2, -0.15) is 0 Å². The number of fused-ring (bicyclic) bond motifs is 1. The average molecular weight is 795 g/mol. The molecule has 2 amide bonds. The van der Waals surface area contributed by atoms with E-state index in [2.05, 4.69) is 156 Å². The molecule has 304 valence electrons. The van der Waals surface area contributed by atoms with Crippen molar-refractivity contribution >= 4 is 11.7 Å². The number of hydrogen-bond donors (Lipinski definition) is 1. The predicted molar refractivity (Wildman–Crippen MR) is 241 cm³/mol. The summed E-state index contributed by atoms with van der Waals surface area (Å²) in [6, 6.07) is 58.2. The van der Waals surface area contributed by atoms with Crippen LogP contribution >= 0.6 is 0 Å². The zero-order valence-electron chi connectivity index (χ0n) is 34.8. The molecule has 0 radical (unpaired) electrons. The highest BCUT2D eigenvalue weighted by Crippen LogP contribution is 2.46. The van der Waals surface area contributed by atoms with Gasteiger partial charge >= 0.3 is 6.03 Å². The van der Waals surface area contributed by atoms with Crippen molar-refractivity contribution in [1.29, 1.82) is 0 Å². The van der Waals surface area contributed by atoms with E-state index in [0.717, 1.165) is 58.8 Å². The van der Waals surface area contributed by atoms with Crippen molar-refractivity contribution in [3.63, 3.8) is 0 Å². The quantitative estimate of drug-likeness (QED) is 0.105. The van der Waals surface area contributed by atoms with E-state index in [4.69, 9.17) is 9.47 Å². The number of amides is 2. The van der Waals surface area contributed by atoms with Crippen LogP contribution in [0, 0.1) is 17.8 Å². The van der Waals surface area contributed by atoms with Gasteiger partial charge in [0.05, 0.1) is 13.7 Å². The Balaban J connectivity index is 1.17. The minimum atomic E-state index is -0.855. The smallest absolute Gasteiger partial charge is 0.321 e. The van der Waals surface area contributed by atoms with Gasteiger partial charge in [-0.1, -0.05) is 133 Å². The number of nitrogens with one attached hydrogen (secondary N) is 1. The van der Waals surface area contributed by atoms with Gasteiger partial charge in [-0.3, -0.25) is 4.90 Å². The van der Waals surface area contributed by atoms with Crippen LogP contribution in [0.1, 0.15) is 45.7 Å². The molecule has 1 unspecified atom stereocenters. The van der Waals surface area contributed by atoms with Gasteiger partial charge in [0.1, 0.15) is 11.4 Å². The summed E-state index contributed by atoms with van der Waals surface area (Å²) in [5.74, 6) is 7.87. The van der Waals surface area contributed by atoms with Gasteiger partial charge in [0.25, 0.3) is 0 Å². The highest BCUT2D eigenvalue weighted by molar-refractivity contribution is 5.89. The molecule has 0 aliphatic carbocycles. The minimum Gasteiger partial charge on any atom is -0.497 e. The predicted octanol–water partition coefficient (Wildman–Crippen LogP) is 9.36. The molecule has 0 spiro atoms. The lowest BCUT2D eigenvalue weighted by Gasteiger charge is -2.59. The topological polar surface area (TPSA) is 57.3 Å². The first kappa shape index (κ1) is 40.6. The van der Waals surface area contributed by atoms with Crippen LogP contribution in [-0.4, -0.2) is 86.8 Å². The summed E-state index contributed by atoms with van der Waals surface area (Å²) in [4.78, 5) is 21.1. The van der Waals surface area contributed by atoms with Gasteiger partial charge in [0.15, 0.2) is 0 Å². The van der Waals surface area contributed by atoms with Crippen LogP contribution in [0.4, 0.5) is 10.5 Å². The molecule has 4 atom stereocenters. The van der Waals surface area contributed by atoms with E-state index in [9.17, 15) is 4.79 Å². The monoisotopic (exact) mass is 794 g/mol. The molecular weight excluding hydrogens is 741 g/mol. The number of nitrogens with zero attached hydrogens (tertiary/aromatic N) is 3. The van der Waals surface area contributed by atoms with Crippen LogP contribution in [0.2, 0.25) is 0 Å². The van der Waals surface area contributed by atoms with Crippen molar-refractivity contribution < 1.29 is 14.3 Å². The van der Waals surface area contributed by atoms with Gasteiger partial charge in [0, 0.05) is 61.0 Å². The van der Waals surface area contributed by atoms with Crippen LogP contribution in [0.25, 0.3) is 0 Å². The molecule has 0 bridgehead atoms. The summed E-state index contributed by atoms with van der Waals surface area (Å²) in [6.45, 7) is 3.58. The third-order valence-corrected chi connectivity index (χ3v) is 12.0. The maximum atomic E-state index is 14.2. The van der Waals surface area contributed by atoms with Crippen molar-refractivity contribution in [2.24, 2.45) is 5.92 Å². The van der Waals surface area contributed by atoms with Crippen LogP contribution in [-0.2, 0) is 10.3 Å². The van der Waals surface area contributed by atoms with Crippen molar-refractivity contribution in [1.82, 2.24) is 14.7 Å². The number of carbonyl (C=O) groups excluding carboxylic acids is 1. The lowest BCUT2D eigenvalue weighted by Crippen LogP contribution is -2.69. The maximum Gasteiger partial charge on any atom is 0.321 e. The largest absolute Gasteiger partial charge is 0.497 e. The van der Waals surface area contributed by atoms with Gasteiger partial charge in [0.2, 0.25) is 0 Å². The second kappa shape index (κ2) is 18.8. The van der Waals surface area contributed by atoms with Crippen molar-refractivity contribution in [3.8, 4) is 17.6 Å². The van der Waals surface area contributed by atoms with Gasteiger partial charge < -0.3 is 24.6 Å². The van der Waals surface area contributed by atoms with E-state index in [1.165, 1.54) is 5.56 Å². The number of hydrogen-bond acceptors (Lipinski definition) is 5. The summed E-state index contributed by atoms with van der Waals surface area (Å²) in [6.07, 6.45) is 0.895. The Bertz CT molecular complexity index is 2250. The van der Waals surface area contributed by atoms with Crippen LogP contribution in [0.3, 0.4) is 0 Å². The van der Waals surface area contributed by atoms with Crippen molar-refractivity contribution in [2.75, 3.05) is 59.3 Å². The second-order valence-electron chi connectivity index (χ2n) is 16.2. The fraction of sp³-hybridized carbons (Fsp3) is 0.264. The molecule has 7 heteroatoms. The lowest BCUT2D eigenvalue weighted by molar-refractivity contribution is -0.109. The van der Waals surface area contributed by atoms with E-state index >= 15 is 0 Å². The fourth-order valence-electron chi connectivity index (χ4n) is 9.15. The molecule has 6 aromatic carbocycles. The highest BCUT2D eigenvalue weighted by atomic mass is 16.5. The number of anilines is 1. The molecule has 2 aliphatic heterocycles. The van der Waals surface area contributed by atoms with Gasteiger partial charge in [-0.05, 0) is 97.2 Å². The summed E-state index contributed by atoms with van der Waals surface area (Å²) in [7, 11) is 5.92. The molecule has 2 fully saturated rings. The Labute approximate surface area is 355 Å². The first-order chi connectivity index (χ1) is 29.4. The molecule has 2 saturated heterocycles. The third kappa shape index (κ3) is 9.02. The van der Waals surface area contributed by atoms with Crippen molar-refractivity contribution in [3.05, 3.63) is 203 Å². The molecule has 8 rings (SSSR count).